The van der Waals surface area contributed by atoms with Crippen LogP contribution in [0.5, 0.6) is 0 Å². The molecule has 4 nitrogen and oxygen atoms in total. The van der Waals surface area contributed by atoms with Gasteiger partial charge in [-0.1, -0.05) is 0 Å². The lowest BCUT2D eigenvalue weighted by Crippen LogP contribution is -2.29. The molecule has 0 aromatic carbocycles. The predicted octanol–water partition coefficient (Wildman–Crippen LogP) is 1.28. The minimum atomic E-state index is -0.252. The van der Waals surface area contributed by atoms with Gasteiger partial charge in [0.15, 0.2) is 6.29 Å². The number of hydrogen-bond donors (Lipinski definition) is 1. The fourth-order valence-electron chi connectivity index (χ4n) is 1.32. The lowest BCUT2D eigenvalue weighted by molar-refractivity contribution is -0.177. The molecule has 0 saturated carbocycles. The normalized spacial score (nSPS) is 25.4. The molecule has 1 saturated heterocycles. The summed E-state index contributed by atoms with van der Waals surface area (Å²) in [5.74, 6) is 0. The van der Waals surface area contributed by atoms with Crippen LogP contribution in [0, 0.1) is 11.3 Å². The van der Waals surface area contributed by atoms with Crippen molar-refractivity contribution in [3.05, 3.63) is 11.8 Å². The van der Waals surface area contributed by atoms with Gasteiger partial charge >= 0.3 is 0 Å². The van der Waals surface area contributed by atoms with Crippen molar-refractivity contribution in [1.82, 2.24) is 0 Å². The Balaban J connectivity index is 2.35. The van der Waals surface area contributed by atoms with Crippen LogP contribution >= 0.6 is 0 Å². The molecular weight excluding hydrogens is 180 g/mol. The summed E-state index contributed by atoms with van der Waals surface area (Å²) in [6.07, 6.45) is 4.01. The van der Waals surface area contributed by atoms with Gasteiger partial charge in [0, 0.05) is 18.4 Å². The molecular formula is C10H16N2O2. The molecule has 2 atom stereocenters. The molecule has 0 aliphatic carbocycles. The molecule has 0 amide bonds. The third-order valence-electron chi connectivity index (χ3n) is 2.19. The molecule has 14 heavy (non-hydrogen) atoms. The quantitative estimate of drug-likeness (QED) is 0.690. The van der Waals surface area contributed by atoms with E-state index in [0.29, 0.717) is 5.70 Å². The highest BCUT2D eigenvalue weighted by molar-refractivity contribution is 5.13. The second kappa shape index (κ2) is 5.63. The molecule has 0 aromatic heterocycles. The van der Waals surface area contributed by atoms with E-state index in [0.717, 1.165) is 25.9 Å². The number of ether oxygens (including phenoxy) is 2. The zero-order chi connectivity index (χ0) is 10.4. The van der Waals surface area contributed by atoms with E-state index >= 15 is 0 Å². The van der Waals surface area contributed by atoms with E-state index in [-0.39, 0.29) is 12.4 Å². The molecule has 0 aromatic rings. The summed E-state index contributed by atoms with van der Waals surface area (Å²) in [5.41, 5.74) is 6.05. The maximum atomic E-state index is 8.40. The molecule has 1 aliphatic heterocycles. The number of rotatable bonds is 3. The van der Waals surface area contributed by atoms with Gasteiger partial charge in [0.1, 0.15) is 0 Å². The van der Waals surface area contributed by atoms with E-state index in [4.69, 9.17) is 20.5 Å². The van der Waals surface area contributed by atoms with E-state index in [1.54, 1.807) is 0 Å². The molecule has 1 fully saturated rings. The van der Waals surface area contributed by atoms with Gasteiger partial charge in [-0.3, -0.25) is 0 Å². The Hall–Kier alpha value is -1.05. The van der Waals surface area contributed by atoms with Crippen LogP contribution < -0.4 is 5.73 Å². The Morgan fingerprint density at radius 3 is 3.07 bits per heavy atom. The number of hydrogen-bond acceptors (Lipinski definition) is 4. The molecule has 2 unspecified atom stereocenters. The Bertz CT molecular complexity index is 239. The van der Waals surface area contributed by atoms with E-state index in [9.17, 15) is 0 Å². The number of allylic oxidation sites excluding steroid dienone is 1. The predicted molar refractivity (Wildman–Crippen MR) is 52.0 cm³/mol. The first-order valence-corrected chi connectivity index (χ1v) is 4.86. The monoisotopic (exact) mass is 196 g/mol. The first-order chi connectivity index (χ1) is 6.74. The van der Waals surface area contributed by atoms with Crippen molar-refractivity contribution in [2.45, 2.75) is 38.6 Å². The Labute approximate surface area is 84.3 Å². The zero-order valence-corrected chi connectivity index (χ0v) is 8.40. The van der Waals surface area contributed by atoms with Gasteiger partial charge in [-0.05, 0) is 26.2 Å². The fourth-order valence-corrected chi connectivity index (χ4v) is 1.32. The average Bonchev–Trinajstić information content (AvgIpc) is 2.19. The Morgan fingerprint density at radius 2 is 2.50 bits per heavy atom. The topological polar surface area (TPSA) is 68.3 Å². The van der Waals surface area contributed by atoms with Crippen molar-refractivity contribution < 1.29 is 9.47 Å². The van der Waals surface area contributed by atoms with Crippen LogP contribution in [-0.4, -0.2) is 19.0 Å². The highest BCUT2D eigenvalue weighted by atomic mass is 16.7. The van der Waals surface area contributed by atoms with Crippen molar-refractivity contribution in [1.29, 1.82) is 5.26 Å². The summed E-state index contributed by atoms with van der Waals surface area (Å²) in [5, 5.41) is 8.40. The molecule has 0 spiro atoms. The maximum Gasteiger partial charge on any atom is 0.158 e. The lowest BCUT2D eigenvalue weighted by Gasteiger charge is -2.25. The van der Waals surface area contributed by atoms with Gasteiger partial charge in [0.05, 0.1) is 12.2 Å². The van der Waals surface area contributed by atoms with Crippen molar-refractivity contribution >= 4 is 0 Å². The summed E-state index contributed by atoms with van der Waals surface area (Å²) in [6, 6.07) is 1.88. The largest absolute Gasteiger partial charge is 0.399 e. The SMILES string of the molecule is CC(OC1CCCCO1)/C(N)=C/C#N. The molecule has 78 valence electrons. The van der Waals surface area contributed by atoms with Crippen LogP contribution in [0.4, 0.5) is 0 Å². The van der Waals surface area contributed by atoms with Crippen LogP contribution in [0.25, 0.3) is 0 Å². The first kappa shape index (κ1) is 11.0. The smallest absolute Gasteiger partial charge is 0.158 e. The van der Waals surface area contributed by atoms with Crippen LogP contribution in [0.1, 0.15) is 26.2 Å². The summed E-state index contributed by atoms with van der Waals surface area (Å²) in [6.45, 7) is 2.57. The van der Waals surface area contributed by atoms with Crippen molar-refractivity contribution in [2.75, 3.05) is 6.61 Å². The van der Waals surface area contributed by atoms with Crippen molar-refractivity contribution in [2.24, 2.45) is 5.73 Å². The van der Waals surface area contributed by atoms with Gasteiger partial charge in [-0.2, -0.15) is 5.26 Å². The molecule has 0 bridgehead atoms. The molecule has 2 N–H and O–H groups in total. The van der Waals surface area contributed by atoms with Crippen molar-refractivity contribution in [3.63, 3.8) is 0 Å². The Kier molecular flexibility index (Phi) is 4.44. The maximum absolute atomic E-state index is 8.40. The molecule has 0 radical (unpaired) electrons. The lowest BCUT2D eigenvalue weighted by atomic mass is 10.2. The van der Waals surface area contributed by atoms with Gasteiger partial charge in [0.25, 0.3) is 0 Å². The highest BCUT2D eigenvalue weighted by Gasteiger charge is 2.18. The number of nitriles is 1. The molecule has 4 heteroatoms. The van der Waals surface area contributed by atoms with Crippen LogP contribution in [0.15, 0.2) is 11.8 Å². The van der Waals surface area contributed by atoms with Gasteiger partial charge in [-0.15, -0.1) is 0 Å². The minimum absolute atomic E-state index is 0.163. The standard InChI is InChI=1S/C10H16N2O2/c1-8(9(12)5-6-11)14-10-4-2-3-7-13-10/h5,8,10H,2-4,7,12H2,1H3/b9-5-. The van der Waals surface area contributed by atoms with Gasteiger partial charge in [-0.25, -0.2) is 0 Å². The summed E-state index contributed by atoms with van der Waals surface area (Å²) in [4.78, 5) is 0. The molecule has 1 rings (SSSR count). The highest BCUT2D eigenvalue weighted by Crippen LogP contribution is 2.16. The third-order valence-corrected chi connectivity index (χ3v) is 2.19. The van der Waals surface area contributed by atoms with Gasteiger partial charge in [0.2, 0.25) is 0 Å². The Morgan fingerprint density at radius 1 is 1.71 bits per heavy atom. The number of nitrogens with two attached hydrogens (primary N) is 1. The van der Waals surface area contributed by atoms with E-state index < -0.39 is 0 Å². The minimum Gasteiger partial charge on any atom is -0.399 e. The van der Waals surface area contributed by atoms with E-state index in [1.165, 1.54) is 6.08 Å². The van der Waals surface area contributed by atoms with Crippen LogP contribution in [0.3, 0.4) is 0 Å². The molecule has 1 heterocycles. The summed E-state index contributed by atoms with van der Waals surface area (Å²) >= 11 is 0. The number of nitrogens with zero attached hydrogens (tertiary/aromatic N) is 1. The van der Waals surface area contributed by atoms with Gasteiger partial charge < -0.3 is 15.2 Å². The second-order valence-corrected chi connectivity index (χ2v) is 3.35. The first-order valence-electron chi connectivity index (χ1n) is 4.86. The fraction of sp³-hybridized carbons (Fsp3) is 0.700. The summed E-state index contributed by atoms with van der Waals surface area (Å²) < 4.78 is 10.9. The average molecular weight is 196 g/mol. The van der Waals surface area contributed by atoms with Crippen LogP contribution in [-0.2, 0) is 9.47 Å². The van der Waals surface area contributed by atoms with Crippen molar-refractivity contribution in [3.8, 4) is 6.07 Å². The summed E-state index contributed by atoms with van der Waals surface area (Å²) in [7, 11) is 0. The second-order valence-electron chi connectivity index (χ2n) is 3.35. The van der Waals surface area contributed by atoms with Crippen LogP contribution in [0.2, 0.25) is 0 Å². The zero-order valence-electron chi connectivity index (χ0n) is 8.40. The third kappa shape index (κ3) is 3.36. The van der Waals surface area contributed by atoms with E-state index in [2.05, 4.69) is 0 Å². The molecule has 1 aliphatic rings. The van der Waals surface area contributed by atoms with E-state index in [1.807, 2.05) is 13.0 Å².